The van der Waals surface area contributed by atoms with Crippen molar-refractivity contribution in [2.75, 3.05) is 6.61 Å². The second-order valence-corrected chi connectivity index (χ2v) is 10.0. The number of hydrogen-bond donors (Lipinski definition) is 0. The van der Waals surface area contributed by atoms with E-state index in [2.05, 4.69) is 46.8 Å². The molecule has 0 aliphatic rings. The highest BCUT2D eigenvalue weighted by Crippen LogP contribution is 2.30. The molecule has 0 fully saturated rings. The van der Waals surface area contributed by atoms with E-state index in [0.717, 1.165) is 40.8 Å². The first-order valence-corrected chi connectivity index (χ1v) is 10.7. The average molecular weight is 385 g/mol. The van der Waals surface area contributed by atoms with Crippen LogP contribution in [0, 0.1) is 19.8 Å². The molecule has 0 heterocycles. The van der Waals surface area contributed by atoms with Crippen LogP contribution in [0.25, 0.3) is 0 Å². The number of carbonyl (C=O) groups excluding carboxylic acids is 1. The zero-order valence-corrected chi connectivity index (χ0v) is 18.8. The molecular formula is C24H33O2P. The lowest BCUT2D eigenvalue weighted by Crippen LogP contribution is -2.13. The monoisotopic (exact) mass is 384 g/mol. The molecule has 0 aliphatic carbocycles. The maximum atomic E-state index is 12.9. The van der Waals surface area contributed by atoms with Crippen LogP contribution in [0.5, 0.6) is 5.75 Å². The Hall–Kier alpha value is -1.66. The van der Waals surface area contributed by atoms with Gasteiger partial charge in [-0.15, -0.1) is 0 Å². The Balaban J connectivity index is 2.09. The van der Waals surface area contributed by atoms with Crippen molar-refractivity contribution in [1.82, 2.24) is 0 Å². The predicted molar refractivity (Wildman–Crippen MR) is 118 cm³/mol. The highest BCUT2D eigenvalue weighted by molar-refractivity contribution is 7.66. The summed E-state index contributed by atoms with van der Waals surface area (Å²) in [4.78, 5) is 12.9. The van der Waals surface area contributed by atoms with Gasteiger partial charge in [0.2, 0.25) is 0 Å². The van der Waals surface area contributed by atoms with Crippen LogP contribution >= 0.6 is 8.58 Å². The lowest BCUT2D eigenvalue weighted by Gasteiger charge is -2.22. The average Bonchev–Trinajstić information content (AvgIpc) is 2.54. The molecule has 0 saturated carbocycles. The smallest absolute Gasteiger partial charge is 0.186 e. The summed E-state index contributed by atoms with van der Waals surface area (Å²) < 4.78 is 5.76. The summed E-state index contributed by atoms with van der Waals surface area (Å²) in [6.45, 7) is 15.8. The van der Waals surface area contributed by atoms with Crippen LogP contribution in [0.1, 0.15) is 68.1 Å². The molecule has 0 radical (unpaired) electrons. The fraction of sp³-hybridized carbons (Fsp3) is 0.458. The summed E-state index contributed by atoms with van der Waals surface area (Å²) in [5, 5.41) is 1.05. The normalized spacial score (nSPS) is 12.1. The van der Waals surface area contributed by atoms with Crippen molar-refractivity contribution in [3.63, 3.8) is 0 Å². The molecule has 2 nitrogen and oxygen atoms in total. The van der Waals surface area contributed by atoms with Gasteiger partial charge in [0, 0.05) is 5.56 Å². The molecule has 1 atom stereocenters. The van der Waals surface area contributed by atoms with Crippen molar-refractivity contribution < 1.29 is 9.53 Å². The zero-order chi connectivity index (χ0) is 20.2. The molecule has 1 unspecified atom stereocenters. The van der Waals surface area contributed by atoms with Crippen molar-refractivity contribution in [1.29, 1.82) is 0 Å². The highest BCUT2D eigenvalue weighted by Gasteiger charge is 2.19. The van der Waals surface area contributed by atoms with Gasteiger partial charge in [-0.1, -0.05) is 58.9 Å². The largest absolute Gasteiger partial charge is 0.494 e. The van der Waals surface area contributed by atoms with E-state index in [0.29, 0.717) is 5.92 Å². The van der Waals surface area contributed by atoms with E-state index < -0.39 is 0 Å². The SMILES string of the molecule is Cc1cc(C(C)(C)C)cc(C)c1C(=O)Pc1ccc(OCCC(C)C)cc1. The van der Waals surface area contributed by atoms with Gasteiger partial charge in [-0.3, -0.25) is 4.79 Å². The lowest BCUT2D eigenvalue weighted by atomic mass is 9.84. The Labute approximate surface area is 166 Å². The van der Waals surface area contributed by atoms with Gasteiger partial charge in [0.1, 0.15) is 5.75 Å². The first kappa shape index (κ1) is 21.6. The maximum Gasteiger partial charge on any atom is 0.186 e. The summed E-state index contributed by atoms with van der Waals surface area (Å²) in [5.74, 6) is 1.51. The van der Waals surface area contributed by atoms with E-state index in [9.17, 15) is 4.79 Å². The number of benzene rings is 2. The minimum absolute atomic E-state index is 0.0881. The third kappa shape index (κ3) is 6.18. The lowest BCUT2D eigenvalue weighted by molar-refractivity contribution is 0.108. The van der Waals surface area contributed by atoms with Gasteiger partial charge in [-0.05, 0) is 74.3 Å². The van der Waals surface area contributed by atoms with Gasteiger partial charge >= 0.3 is 0 Å². The number of carbonyl (C=O) groups is 1. The molecule has 27 heavy (non-hydrogen) atoms. The molecule has 0 aromatic heterocycles. The van der Waals surface area contributed by atoms with E-state index in [-0.39, 0.29) is 19.5 Å². The van der Waals surface area contributed by atoms with E-state index in [1.54, 1.807) is 0 Å². The highest BCUT2D eigenvalue weighted by atomic mass is 31.1. The van der Waals surface area contributed by atoms with Crippen molar-refractivity contribution >= 4 is 19.4 Å². The van der Waals surface area contributed by atoms with Crippen LogP contribution in [0.3, 0.4) is 0 Å². The minimum atomic E-state index is 0.0881. The molecule has 0 spiro atoms. The zero-order valence-electron chi connectivity index (χ0n) is 17.8. The quantitative estimate of drug-likeness (QED) is 0.534. The summed E-state index contributed by atoms with van der Waals surface area (Å²) in [5.41, 5.74) is 4.60. The standard InChI is InChI=1S/C24H33O2P/c1-16(2)12-13-26-20-8-10-21(11-9-20)27-23(25)22-17(3)14-19(15-18(22)4)24(5,6)7/h8-11,14-16,27H,12-13H2,1-7H3. The van der Waals surface area contributed by atoms with Crippen molar-refractivity contribution in [3.8, 4) is 5.75 Å². The topological polar surface area (TPSA) is 26.3 Å². The summed E-state index contributed by atoms with van der Waals surface area (Å²) in [7, 11) is 0.132. The van der Waals surface area contributed by atoms with Crippen LogP contribution in [0.15, 0.2) is 36.4 Å². The third-order valence-electron chi connectivity index (χ3n) is 4.70. The van der Waals surface area contributed by atoms with Crippen LogP contribution in [0.2, 0.25) is 0 Å². The fourth-order valence-corrected chi connectivity index (χ4v) is 4.11. The van der Waals surface area contributed by atoms with E-state index in [1.165, 1.54) is 5.56 Å². The molecular weight excluding hydrogens is 351 g/mol. The van der Waals surface area contributed by atoms with Gasteiger partial charge in [-0.25, -0.2) is 0 Å². The van der Waals surface area contributed by atoms with Gasteiger partial charge in [0.25, 0.3) is 0 Å². The van der Waals surface area contributed by atoms with Crippen LogP contribution in [-0.2, 0) is 5.41 Å². The number of hydrogen-bond acceptors (Lipinski definition) is 2. The first-order chi connectivity index (χ1) is 12.6. The van der Waals surface area contributed by atoms with Crippen molar-refractivity contribution in [3.05, 3.63) is 58.7 Å². The van der Waals surface area contributed by atoms with Crippen molar-refractivity contribution in [2.45, 2.75) is 60.3 Å². The Morgan fingerprint density at radius 3 is 2.07 bits per heavy atom. The Bertz CT molecular complexity index is 760. The predicted octanol–water partition coefficient (Wildman–Crippen LogP) is 6.17. The number of ether oxygens (including phenoxy) is 1. The second-order valence-electron chi connectivity index (χ2n) is 8.74. The van der Waals surface area contributed by atoms with E-state index in [4.69, 9.17) is 4.74 Å². The molecule has 0 bridgehead atoms. The van der Waals surface area contributed by atoms with Gasteiger partial charge in [0.05, 0.1) is 6.61 Å². The molecule has 0 amide bonds. The molecule has 0 N–H and O–H groups in total. The van der Waals surface area contributed by atoms with Crippen LogP contribution < -0.4 is 10.0 Å². The van der Waals surface area contributed by atoms with Crippen LogP contribution in [0.4, 0.5) is 0 Å². The van der Waals surface area contributed by atoms with Gasteiger partial charge in [0.15, 0.2) is 5.52 Å². The number of rotatable bonds is 7. The molecule has 0 aliphatic heterocycles. The molecule has 0 saturated heterocycles. The van der Waals surface area contributed by atoms with E-state index in [1.807, 2.05) is 38.1 Å². The summed E-state index contributed by atoms with van der Waals surface area (Å²) in [6.07, 6.45) is 1.05. The fourth-order valence-electron chi connectivity index (χ4n) is 3.00. The Morgan fingerprint density at radius 1 is 1.04 bits per heavy atom. The molecule has 2 aromatic rings. The third-order valence-corrected chi connectivity index (χ3v) is 5.80. The molecule has 2 aromatic carbocycles. The van der Waals surface area contributed by atoms with E-state index >= 15 is 0 Å². The van der Waals surface area contributed by atoms with Gasteiger partial charge in [-0.2, -0.15) is 0 Å². The second kappa shape index (κ2) is 9.02. The van der Waals surface area contributed by atoms with Gasteiger partial charge < -0.3 is 4.74 Å². The Kier molecular flexibility index (Phi) is 7.23. The Morgan fingerprint density at radius 2 is 1.59 bits per heavy atom. The van der Waals surface area contributed by atoms with Crippen LogP contribution in [-0.4, -0.2) is 12.1 Å². The number of aryl methyl sites for hydroxylation is 2. The molecule has 2 rings (SSSR count). The first-order valence-electron chi connectivity index (χ1n) is 9.74. The summed E-state index contributed by atoms with van der Waals surface area (Å²) in [6, 6.07) is 12.3. The minimum Gasteiger partial charge on any atom is -0.494 e. The molecule has 146 valence electrons. The summed E-state index contributed by atoms with van der Waals surface area (Å²) >= 11 is 0. The maximum absolute atomic E-state index is 12.9. The molecule has 3 heteroatoms. The van der Waals surface area contributed by atoms with Crippen molar-refractivity contribution in [2.24, 2.45) is 5.92 Å².